The molecule has 0 spiro atoms. The summed E-state index contributed by atoms with van der Waals surface area (Å²) >= 11 is 0. The van der Waals surface area contributed by atoms with Crippen LogP contribution < -0.4 is 0 Å². The van der Waals surface area contributed by atoms with Crippen LogP contribution in [0.4, 0.5) is 0 Å². The Kier molecular flexibility index (Phi) is 2.86. The zero-order valence-corrected chi connectivity index (χ0v) is 5.73. The Balaban J connectivity index is 2.47. The van der Waals surface area contributed by atoms with Gasteiger partial charge in [0.15, 0.2) is 0 Å². The molecule has 0 saturated heterocycles. The smallest absolute Gasteiger partial charge is 0.0894 e. The molecule has 0 aromatic heterocycles. The molecule has 1 aliphatic rings. The van der Waals surface area contributed by atoms with E-state index in [0.717, 1.165) is 0 Å². The van der Waals surface area contributed by atoms with E-state index in [4.69, 9.17) is 14.9 Å². The number of ether oxygens (including phenoxy) is 1. The number of hydrogen-bond donors (Lipinski definition) is 2. The third-order valence-electron chi connectivity index (χ3n) is 1.66. The van der Waals surface area contributed by atoms with Gasteiger partial charge in [0.05, 0.1) is 25.9 Å². The van der Waals surface area contributed by atoms with Gasteiger partial charge in [0.25, 0.3) is 0 Å². The molecule has 3 heteroatoms. The van der Waals surface area contributed by atoms with E-state index in [1.54, 1.807) is 0 Å². The average molecular weight is 144 g/mol. The molecule has 58 valence electrons. The van der Waals surface area contributed by atoms with Gasteiger partial charge in [0.1, 0.15) is 0 Å². The van der Waals surface area contributed by atoms with E-state index >= 15 is 0 Å². The summed E-state index contributed by atoms with van der Waals surface area (Å²) in [7, 11) is 0. The highest BCUT2D eigenvalue weighted by Crippen LogP contribution is 2.13. The van der Waals surface area contributed by atoms with Crippen LogP contribution in [0.2, 0.25) is 0 Å². The summed E-state index contributed by atoms with van der Waals surface area (Å²) in [5, 5.41) is 17.5. The zero-order chi connectivity index (χ0) is 7.40. The fraction of sp³-hybridized carbons (Fsp3) is 0.714. The minimum atomic E-state index is -0.213. The van der Waals surface area contributed by atoms with Crippen molar-refractivity contribution in [3.8, 4) is 0 Å². The molecule has 2 atom stereocenters. The van der Waals surface area contributed by atoms with Crippen molar-refractivity contribution in [1.29, 1.82) is 0 Å². The lowest BCUT2D eigenvalue weighted by atomic mass is 10.0. The SMILES string of the molecule is OCC1C=CCOC1CO. The molecule has 0 aromatic carbocycles. The van der Waals surface area contributed by atoms with E-state index < -0.39 is 0 Å². The van der Waals surface area contributed by atoms with Crippen LogP contribution in [0.25, 0.3) is 0 Å². The van der Waals surface area contributed by atoms with Crippen LogP contribution in [0.15, 0.2) is 12.2 Å². The van der Waals surface area contributed by atoms with Crippen LogP contribution in [0.3, 0.4) is 0 Å². The van der Waals surface area contributed by atoms with Crippen molar-refractivity contribution in [2.75, 3.05) is 19.8 Å². The lowest BCUT2D eigenvalue weighted by Crippen LogP contribution is -2.31. The molecule has 1 aliphatic heterocycles. The maximum absolute atomic E-state index is 8.75. The Labute approximate surface area is 59.9 Å². The number of rotatable bonds is 2. The van der Waals surface area contributed by atoms with Crippen molar-refractivity contribution in [1.82, 2.24) is 0 Å². The molecule has 0 saturated carbocycles. The van der Waals surface area contributed by atoms with E-state index in [2.05, 4.69) is 0 Å². The molecule has 2 N–H and O–H groups in total. The first kappa shape index (κ1) is 7.72. The number of aliphatic hydroxyl groups is 2. The summed E-state index contributed by atoms with van der Waals surface area (Å²) in [5.74, 6) is -0.0289. The maximum atomic E-state index is 8.75. The molecule has 0 aromatic rings. The molecule has 2 unspecified atom stereocenters. The first-order chi connectivity index (χ1) is 4.88. The number of aliphatic hydroxyl groups excluding tert-OH is 2. The summed E-state index contributed by atoms with van der Waals surface area (Å²) in [4.78, 5) is 0. The van der Waals surface area contributed by atoms with Crippen LogP contribution in [0, 0.1) is 5.92 Å². The minimum absolute atomic E-state index is 0.0183. The highest BCUT2D eigenvalue weighted by Gasteiger charge is 2.20. The van der Waals surface area contributed by atoms with Gasteiger partial charge in [-0.1, -0.05) is 12.2 Å². The highest BCUT2D eigenvalue weighted by molar-refractivity contribution is 4.96. The maximum Gasteiger partial charge on any atom is 0.0894 e. The van der Waals surface area contributed by atoms with Gasteiger partial charge in [0, 0.05) is 5.92 Å². The first-order valence-corrected chi connectivity index (χ1v) is 3.38. The first-order valence-electron chi connectivity index (χ1n) is 3.38. The standard InChI is InChI=1S/C7H12O3/c8-4-6-2-1-3-10-7(6)5-9/h1-2,6-9H,3-5H2. The summed E-state index contributed by atoms with van der Waals surface area (Å²) in [6, 6.07) is 0. The second-order valence-corrected chi connectivity index (χ2v) is 2.33. The highest BCUT2D eigenvalue weighted by atomic mass is 16.5. The van der Waals surface area contributed by atoms with Crippen LogP contribution in [0.5, 0.6) is 0 Å². The van der Waals surface area contributed by atoms with Gasteiger partial charge in [-0.3, -0.25) is 0 Å². The normalized spacial score (nSPS) is 32.6. The molecule has 3 nitrogen and oxygen atoms in total. The van der Waals surface area contributed by atoms with Crippen molar-refractivity contribution in [3.63, 3.8) is 0 Å². The third-order valence-corrected chi connectivity index (χ3v) is 1.66. The Bertz CT molecular complexity index is 122. The Morgan fingerprint density at radius 3 is 2.70 bits per heavy atom. The molecule has 0 radical (unpaired) electrons. The minimum Gasteiger partial charge on any atom is -0.396 e. The van der Waals surface area contributed by atoms with E-state index in [1.807, 2.05) is 12.2 Å². The summed E-state index contributed by atoms with van der Waals surface area (Å²) in [6.07, 6.45) is 3.52. The van der Waals surface area contributed by atoms with Crippen molar-refractivity contribution < 1.29 is 14.9 Å². The molecule has 0 fully saturated rings. The van der Waals surface area contributed by atoms with E-state index in [-0.39, 0.29) is 25.2 Å². The van der Waals surface area contributed by atoms with Crippen LogP contribution in [-0.2, 0) is 4.74 Å². The number of hydrogen-bond acceptors (Lipinski definition) is 3. The summed E-state index contributed by atoms with van der Waals surface area (Å²) in [5.41, 5.74) is 0. The van der Waals surface area contributed by atoms with Crippen molar-refractivity contribution in [2.24, 2.45) is 5.92 Å². The average Bonchev–Trinajstić information content (AvgIpc) is 2.04. The van der Waals surface area contributed by atoms with Gasteiger partial charge in [-0.15, -0.1) is 0 Å². The largest absolute Gasteiger partial charge is 0.396 e. The summed E-state index contributed by atoms with van der Waals surface area (Å²) in [6.45, 7) is 0.568. The quantitative estimate of drug-likeness (QED) is 0.516. The lowest BCUT2D eigenvalue weighted by molar-refractivity contribution is -0.0200. The third kappa shape index (κ3) is 1.56. The molecular formula is C7H12O3. The van der Waals surface area contributed by atoms with Crippen molar-refractivity contribution >= 4 is 0 Å². The van der Waals surface area contributed by atoms with Gasteiger partial charge in [-0.2, -0.15) is 0 Å². The van der Waals surface area contributed by atoms with Gasteiger partial charge in [0.2, 0.25) is 0 Å². The Morgan fingerprint density at radius 1 is 1.40 bits per heavy atom. The fourth-order valence-electron chi connectivity index (χ4n) is 1.02. The van der Waals surface area contributed by atoms with Gasteiger partial charge >= 0.3 is 0 Å². The Morgan fingerprint density at radius 2 is 2.20 bits per heavy atom. The predicted molar refractivity (Wildman–Crippen MR) is 36.5 cm³/mol. The molecule has 1 heterocycles. The predicted octanol–water partition coefficient (Wildman–Crippen LogP) is -0.458. The molecule has 0 aliphatic carbocycles. The molecule has 0 amide bonds. The van der Waals surface area contributed by atoms with Gasteiger partial charge in [-0.25, -0.2) is 0 Å². The molecule has 10 heavy (non-hydrogen) atoms. The molecule has 1 rings (SSSR count). The van der Waals surface area contributed by atoms with E-state index in [9.17, 15) is 0 Å². The van der Waals surface area contributed by atoms with Crippen molar-refractivity contribution in [2.45, 2.75) is 6.10 Å². The van der Waals surface area contributed by atoms with Gasteiger partial charge < -0.3 is 14.9 Å². The summed E-state index contributed by atoms with van der Waals surface area (Å²) < 4.78 is 5.13. The lowest BCUT2D eigenvalue weighted by Gasteiger charge is -2.24. The van der Waals surface area contributed by atoms with E-state index in [0.29, 0.717) is 6.61 Å². The second kappa shape index (κ2) is 3.71. The fourth-order valence-corrected chi connectivity index (χ4v) is 1.02. The van der Waals surface area contributed by atoms with E-state index in [1.165, 1.54) is 0 Å². The Hall–Kier alpha value is -0.380. The molecular weight excluding hydrogens is 132 g/mol. The topological polar surface area (TPSA) is 49.7 Å². The van der Waals surface area contributed by atoms with Crippen molar-refractivity contribution in [3.05, 3.63) is 12.2 Å². The van der Waals surface area contributed by atoms with Gasteiger partial charge in [-0.05, 0) is 0 Å². The monoisotopic (exact) mass is 144 g/mol. The van der Waals surface area contributed by atoms with Crippen LogP contribution in [0.1, 0.15) is 0 Å². The van der Waals surface area contributed by atoms with Crippen LogP contribution in [-0.4, -0.2) is 36.1 Å². The second-order valence-electron chi connectivity index (χ2n) is 2.33. The molecule has 0 bridgehead atoms. The van der Waals surface area contributed by atoms with Crippen LogP contribution >= 0.6 is 0 Å². The zero-order valence-electron chi connectivity index (χ0n) is 5.73.